The molecule has 15 heteroatoms. The van der Waals surface area contributed by atoms with Crippen molar-refractivity contribution < 1.29 is 33.9 Å². The molecule has 2 aliphatic heterocycles. The molecule has 1 unspecified atom stereocenters. The van der Waals surface area contributed by atoms with E-state index in [0.717, 1.165) is 16.9 Å². The predicted octanol–water partition coefficient (Wildman–Crippen LogP) is 2.14. The van der Waals surface area contributed by atoms with Gasteiger partial charge in [0.2, 0.25) is 6.29 Å². The number of hydrogen-bond acceptors (Lipinski definition) is 13. The number of β-lactam (4-membered cyclic amide) rings is 1. The van der Waals surface area contributed by atoms with E-state index in [1.54, 1.807) is 30.6 Å². The van der Waals surface area contributed by atoms with E-state index < -0.39 is 47.2 Å². The summed E-state index contributed by atoms with van der Waals surface area (Å²) in [7, 11) is 0. The number of nitrogens with one attached hydrogen (secondary N) is 1. The van der Waals surface area contributed by atoms with Gasteiger partial charge in [-0.3, -0.25) is 24.3 Å². The molecular formula is C26H28N6O7S2. The number of pyridine rings is 1. The first kappa shape index (κ1) is 29.7. The van der Waals surface area contributed by atoms with Crippen LogP contribution in [-0.2, 0) is 28.7 Å². The molecule has 0 saturated carbocycles. The molecular weight excluding hydrogens is 572 g/mol. The Morgan fingerprint density at radius 2 is 2.07 bits per heavy atom. The maximum atomic E-state index is 13.4. The van der Waals surface area contributed by atoms with Gasteiger partial charge in [0.05, 0.1) is 0 Å². The largest absolute Gasteiger partial charge is 0.425 e. The first-order valence-electron chi connectivity index (χ1n) is 12.5. The summed E-state index contributed by atoms with van der Waals surface area (Å²) in [5, 5.41) is 15.9. The zero-order valence-corrected chi connectivity index (χ0v) is 24.0. The van der Waals surface area contributed by atoms with E-state index >= 15 is 0 Å². The van der Waals surface area contributed by atoms with Crippen LogP contribution in [0.15, 0.2) is 52.4 Å². The Bertz CT molecular complexity index is 1420. The van der Waals surface area contributed by atoms with Crippen LogP contribution in [0.25, 0.3) is 6.08 Å². The number of nitrogens with two attached hydrogens (primary N) is 1. The lowest BCUT2D eigenvalue weighted by molar-refractivity contribution is -0.184. The highest BCUT2D eigenvalue weighted by Crippen LogP contribution is 2.41. The van der Waals surface area contributed by atoms with Gasteiger partial charge in [-0.05, 0) is 23.1 Å². The van der Waals surface area contributed by atoms with Crippen molar-refractivity contribution >= 4 is 63.8 Å². The molecule has 4 N–H and O–H groups in total. The van der Waals surface area contributed by atoms with Crippen LogP contribution in [-0.4, -0.2) is 73.0 Å². The van der Waals surface area contributed by atoms with Crippen molar-refractivity contribution in [2.75, 3.05) is 11.5 Å². The number of fused-ring (bicyclic) bond motifs is 1. The normalized spacial score (nSPS) is 19.6. The number of amides is 2. The van der Waals surface area contributed by atoms with Gasteiger partial charge in [0, 0.05) is 36.9 Å². The SMILES string of the molecule is CC(C)CC(=O)OC(C)OC(=O)C1=C(/C=C\c2cccnc2)CS[C@@H]2[C@H](NC(=O)/C(=N\O)c3csc(N)n3)C(=O)N12. The summed E-state index contributed by atoms with van der Waals surface area (Å²) in [6.45, 7) is 5.13. The van der Waals surface area contributed by atoms with Gasteiger partial charge in [0.15, 0.2) is 10.8 Å². The summed E-state index contributed by atoms with van der Waals surface area (Å²) in [5.74, 6) is -2.43. The number of carbonyl (C=O) groups excluding carboxylic acids is 4. The van der Waals surface area contributed by atoms with Gasteiger partial charge in [-0.2, -0.15) is 0 Å². The zero-order valence-electron chi connectivity index (χ0n) is 22.3. The monoisotopic (exact) mass is 600 g/mol. The number of thiazole rings is 1. The molecule has 2 amide bonds. The van der Waals surface area contributed by atoms with Crippen LogP contribution in [0.5, 0.6) is 0 Å². The molecule has 216 valence electrons. The minimum atomic E-state index is -1.20. The molecule has 1 saturated heterocycles. The van der Waals surface area contributed by atoms with E-state index in [-0.39, 0.29) is 28.9 Å². The molecule has 0 aromatic carbocycles. The zero-order chi connectivity index (χ0) is 29.7. The second-order valence-electron chi connectivity index (χ2n) is 9.43. The number of anilines is 1. The quantitative estimate of drug-likeness (QED) is 0.0906. The van der Waals surface area contributed by atoms with Gasteiger partial charge >= 0.3 is 11.9 Å². The molecule has 2 aromatic rings. The molecule has 4 heterocycles. The van der Waals surface area contributed by atoms with Crippen LogP contribution in [0.4, 0.5) is 5.13 Å². The van der Waals surface area contributed by atoms with Crippen LogP contribution < -0.4 is 11.1 Å². The Balaban J connectivity index is 1.55. The first-order valence-corrected chi connectivity index (χ1v) is 14.4. The highest BCUT2D eigenvalue weighted by Gasteiger charge is 2.54. The fourth-order valence-corrected chi connectivity index (χ4v) is 5.91. The molecule has 4 rings (SSSR count). The minimum absolute atomic E-state index is 0.0283. The van der Waals surface area contributed by atoms with Crippen molar-refractivity contribution in [1.82, 2.24) is 20.2 Å². The molecule has 0 aliphatic carbocycles. The van der Waals surface area contributed by atoms with Crippen LogP contribution in [0.3, 0.4) is 0 Å². The van der Waals surface area contributed by atoms with Gasteiger partial charge in [-0.25, -0.2) is 9.78 Å². The van der Waals surface area contributed by atoms with Crippen LogP contribution in [0, 0.1) is 5.92 Å². The molecule has 0 spiro atoms. The lowest BCUT2D eigenvalue weighted by Gasteiger charge is -2.49. The molecule has 3 atom stereocenters. The second-order valence-corrected chi connectivity index (χ2v) is 11.4. The van der Waals surface area contributed by atoms with E-state index in [0.29, 0.717) is 11.3 Å². The number of rotatable bonds is 10. The second kappa shape index (κ2) is 13.0. The molecule has 2 aromatic heterocycles. The lowest BCUT2D eigenvalue weighted by atomic mass is 10.0. The smallest absolute Gasteiger partial charge is 0.358 e. The molecule has 0 radical (unpaired) electrons. The Labute approximate surface area is 243 Å². The predicted molar refractivity (Wildman–Crippen MR) is 151 cm³/mol. The maximum Gasteiger partial charge on any atom is 0.358 e. The third kappa shape index (κ3) is 6.92. The number of ether oxygens (including phenoxy) is 2. The minimum Gasteiger partial charge on any atom is -0.425 e. The summed E-state index contributed by atoms with van der Waals surface area (Å²) in [6.07, 6.45) is 5.66. The number of nitrogen functional groups attached to an aromatic ring is 1. The van der Waals surface area contributed by atoms with E-state index in [1.807, 2.05) is 19.9 Å². The van der Waals surface area contributed by atoms with Crippen molar-refractivity contribution in [1.29, 1.82) is 0 Å². The van der Waals surface area contributed by atoms with E-state index in [9.17, 15) is 24.4 Å². The van der Waals surface area contributed by atoms with Crippen LogP contribution >= 0.6 is 23.1 Å². The molecule has 41 heavy (non-hydrogen) atoms. The Morgan fingerprint density at radius 1 is 1.29 bits per heavy atom. The van der Waals surface area contributed by atoms with Gasteiger partial charge in [0.1, 0.15) is 22.8 Å². The highest BCUT2D eigenvalue weighted by molar-refractivity contribution is 8.00. The Hall–Kier alpha value is -4.24. The average Bonchev–Trinajstić information content (AvgIpc) is 3.35. The highest BCUT2D eigenvalue weighted by atomic mass is 32.2. The van der Waals surface area contributed by atoms with Crippen molar-refractivity contribution in [2.24, 2.45) is 11.1 Å². The van der Waals surface area contributed by atoms with Crippen LogP contribution in [0.2, 0.25) is 0 Å². The number of hydrogen-bond donors (Lipinski definition) is 3. The number of aromatic nitrogens is 2. The third-order valence-corrected chi connectivity index (χ3v) is 7.84. The Kier molecular flexibility index (Phi) is 9.39. The number of carbonyl (C=O) groups is 4. The van der Waals surface area contributed by atoms with Gasteiger partial charge in [0.25, 0.3) is 11.8 Å². The summed E-state index contributed by atoms with van der Waals surface area (Å²) >= 11 is 2.38. The molecule has 13 nitrogen and oxygen atoms in total. The number of nitrogens with zero attached hydrogens (tertiary/aromatic N) is 4. The number of allylic oxidation sites excluding steroid dienone is 1. The fourth-order valence-electron chi connectivity index (χ4n) is 4.05. The molecule has 2 aliphatic rings. The first-order chi connectivity index (χ1) is 19.6. The fraction of sp³-hybridized carbons (Fsp3) is 0.346. The van der Waals surface area contributed by atoms with Crippen molar-refractivity contribution in [3.8, 4) is 0 Å². The van der Waals surface area contributed by atoms with E-state index in [1.165, 1.54) is 29.0 Å². The number of thioether (sulfide) groups is 1. The van der Waals surface area contributed by atoms with Crippen molar-refractivity contribution in [2.45, 2.75) is 44.9 Å². The van der Waals surface area contributed by atoms with Crippen LogP contribution in [0.1, 0.15) is 38.4 Å². The number of esters is 2. The van der Waals surface area contributed by atoms with Gasteiger partial charge < -0.3 is 25.7 Å². The van der Waals surface area contributed by atoms with E-state index in [2.05, 4.69) is 20.4 Å². The van der Waals surface area contributed by atoms with Gasteiger partial charge in [-0.15, -0.1) is 23.1 Å². The van der Waals surface area contributed by atoms with Crippen molar-refractivity contribution in [3.63, 3.8) is 0 Å². The summed E-state index contributed by atoms with van der Waals surface area (Å²) in [5.41, 5.74) is 6.50. The Morgan fingerprint density at radius 3 is 2.71 bits per heavy atom. The summed E-state index contributed by atoms with van der Waals surface area (Å²) < 4.78 is 10.6. The van der Waals surface area contributed by atoms with E-state index in [4.69, 9.17) is 15.2 Å². The topological polar surface area (TPSA) is 186 Å². The molecule has 0 bridgehead atoms. The number of oxime groups is 1. The van der Waals surface area contributed by atoms with Crippen molar-refractivity contribution in [3.05, 3.63) is 58.5 Å². The standard InChI is InChI=1S/C26H28N6O7S2/c1-13(2)9-18(33)38-14(3)39-25(36)21-16(7-6-15-5-4-8-28-10-15)11-40-24-20(23(35)32(21)24)30-22(34)19(31-37)17-12-41-26(27)29-17/h4-8,10,12-14,20,24,37H,9,11H2,1-3H3,(H2,27,29)(H,30,34)/b7-6-,31-19-/t14?,20-,24-/m1/s1. The summed E-state index contributed by atoms with van der Waals surface area (Å²) in [4.78, 5) is 60.8. The average molecular weight is 601 g/mol. The van der Waals surface area contributed by atoms with Gasteiger partial charge in [-0.1, -0.05) is 37.2 Å². The molecule has 1 fully saturated rings. The maximum absolute atomic E-state index is 13.4. The lowest BCUT2D eigenvalue weighted by Crippen LogP contribution is -2.71. The summed E-state index contributed by atoms with van der Waals surface area (Å²) in [6, 6.07) is 2.57. The third-order valence-electron chi connectivity index (χ3n) is 5.86.